The number of nitrogens with zero attached hydrogens (tertiary/aromatic N) is 1. The Balaban J connectivity index is 2.67. The van der Waals surface area contributed by atoms with Crippen molar-refractivity contribution in [3.8, 4) is 0 Å². The summed E-state index contributed by atoms with van der Waals surface area (Å²) < 4.78 is 5.57. The molecule has 1 rings (SSSR count). The third-order valence-corrected chi connectivity index (χ3v) is 4.92. The van der Waals surface area contributed by atoms with Gasteiger partial charge in [-0.1, -0.05) is 13.8 Å². The molecule has 0 radical (unpaired) electrons. The van der Waals surface area contributed by atoms with Gasteiger partial charge in [-0.25, -0.2) is 4.79 Å². The van der Waals surface area contributed by atoms with E-state index in [0.29, 0.717) is 6.54 Å². The van der Waals surface area contributed by atoms with Crippen LogP contribution in [0.3, 0.4) is 0 Å². The van der Waals surface area contributed by atoms with E-state index >= 15 is 0 Å². The number of nitrogens with one attached hydrogen (secondary N) is 1. The van der Waals surface area contributed by atoms with Gasteiger partial charge in [0.25, 0.3) is 0 Å². The van der Waals surface area contributed by atoms with Gasteiger partial charge in [0.15, 0.2) is 0 Å². The third kappa shape index (κ3) is 3.09. The lowest BCUT2D eigenvalue weighted by atomic mass is 9.56. The minimum atomic E-state index is -0.526. The molecule has 2 amide bonds. The molecule has 0 aromatic heterocycles. The van der Waals surface area contributed by atoms with E-state index in [9.17, 15) is 9.90 Å². The molecule has 1 saturated carbocycles. The molecule has 3 atom stereocenters. The maximum Gasteiger partial charge on any atom is 0.317 e. The monoisotopic (exact) mass is 286 g/mol. The minimum Gasteiger partial charge on any atom is -0.392 e. The highest BCUT2D eigenvalue weighted by Crippen LogP contribution is 2.51. The lowest BCUT2D eigenvalue weighted by Crippen LogP contribution is -2.69. The second-order valence-corrected chi connectivity index (χ2v) is 6.96. The van der Waals surface area contributed by atoms with Crippen molar-refractivity contribution in [2.75, 3.05) is 13.7 Å². The van der Waals surface area contributed by atoms with Crippen LogP contribution >= 0.6 is 0 Å². The second-order valence-electron chi connectivity index (χ2n) is 6.96. The summed E-state index contributed by atoms with van der Waals surface area (Å²) in [6, 6.07) is 0.0360. The Morgan fingerprint density at radius 2 is 1.95 bits per heavy atom. The molecule has 2 N–H and O–H groups in total. The third-order valence-electron chi connectivity index (χ3n) is 4.92. The van der Waals surface area contributed by atoms with Crippen molar-refractivity contribution in [2.24, 2.45) is 5.41 Å². The molecule has 3 unspecified atom stereocenters. The van der Waals surface area contributed by atoms with Crippen LogP contribution in [0.5, 0.6) is 0 Å². The van der Waals surface area contributed by atoms with Gasteiger partial charge in [-0.2, -0.15) is 0 Å². The standard InChI is InChI=1S/C15H30N2O3/c1-10(2)17(9-11(3)18)13(19)16-12-8-15(6,20-7)14(12,4)5/h10-12,18H,8-9H2,1-7H3,(H,16,19). The zero-order chi connectivity index (χ0) is 15.7. The second kappa shape index (κ2) is 5.90. The summed E-state index contributed by atoms with van der Waals surface area (Å²) in [5, 5.41) is 12.6. The Hall–Kier alpha value is -0.810. The number of hydrogen-bond acceptors (Lipinski definition) is 3. The number of urea groups is 1. The highest BCUT2D eigenvalue weighted by Gasteiger charge is 2.58. The first-order valence-electron chi connectivity index (χ1n) is 7.35. The van der Waals surface area contributed by atoms with Gasteiger partial charge in [0.1, 0.15) is 0 Å². The predicted molar refractivity (Wildman–Crippen MR) is 79.7 cm³/mol. The fraction of sp³-hybridized carbons (Fsp3) is 0.933. The van der Waals surface area contributed by atoms with Crippen molar-refractivity contribution >= 4 is 6.03 Å². The topological polar surface area (TPSA) is 61.8 Å². The van der Waals surface area contributed by atoms with Crippen molar-refractivity contribution in [3.63, 3.8) is 0 Å². The van der Waals surface area contributed by atoms with E-state index in [1.54, 1.807) is 18.9 Å². The van der Waals surface area contributed by atoms with Gasteiger partial charge in [0.05, 0.1) is 11.7 Å². The normalized spacial score (nSPS) is 29.8. The van der Waals surface area contributed by atoms with Crippen LogP contribution in [0, 0.1) is 5.41 Å². The van der Waals surface area contributed by atoms with Gasteiger partial charge < -0.3 is 20.1 Å². The fourth-order valence-corrected chi connectivity index (χ4v) is 2.77. The van der Waals surface area contributed by atoms with Crippen LogP contribution in [-0.2, 0) is 4.74 Å². The Bertz CT molecular complexity index is 355. The lowest BCUT2D eigenvalue weighted by Gasteiger charge is -2.59. The molecule has 5 heteroatoms. The molecule has 0 aliphatic heterocycles. The summed E-state index contributed by atoms with van der Waals surface area (Å²) >= 11 is 0. The van der Waals surface area contributed by atoms with Gasteiger partial charge in [-0.15, -0.1) is 0 Å². The molecule has 20 heavy (non-hydrogen) atoms. The number of carbonyl (C=O) groups is 1. The molecule has 1 fully saturated rings. The molecule has 0 spiro atoms. The van der Waals surface area contributed by atoms with E-state index in [1.807, 2.05) is 13.8 Å². The number of hydrogen-bond donors (Lipinski definition) is 2. The Kier molecular flexibility index (Phi) is 5.08. The summed E-state index contributed by atoms with van der Waals surface area (Å²) in [4.78, 5) is 14.0. The van der Waals surface area contributed by atoms with E-state index in [-0.39, 0.29) is 29.1 Å². The summed E-state index contributed by atoms with van der Waals surface area (Å²) in [6.45, 7) is 12.2. The number of aliphatic hydroxyl groups excluding tert-OH is 1. The predicted octanol–water partition coefficient (Wildman–Crippen LogP) is 1.99. The number of carbonyl (C=O) groups excluding carboxylic acids is 1. The summed E-state index contributed by atoms with van der Waals surface area (Å²) in [5.74, 6) is 0. The maximum atomic E-state index is 12.4. The minimum absolute atomic E-state index is 0.0570. The fourth-order valence-electron chi connectivity index (χ4n) is 2.77. The van der Waals surface area contributed by atoms with E-state index in [0.717, 1.165) is 6.42 Å². The molecule has 0 saturated heterocycles. The van der Waals surface area contributed by atoms with Gasteiger partial charge in [0, 0.05) is 31.2 Å². The quantitative estimate of drug-likeness (QED) is 0.812. The molecule has 118 valence electrons. The Morgan fingerprint density at radius 3 is 2.30 bits per heavy atom. The summed E-state index contributed by atoms with van der Waals surface area (Å²) in [5.41, 5.74) is -0.303. The Morgan fingerprint density at radius 1 is 1.40 bits per heavy atom. The summed E-state index contributed by atoms with van der Waals surface area (Å²) in [7, 11) is 1.72. The van der Waals surface area contributed by atoms with Crippen molar-refractivity contribution in [3.05, 3.63) is 0 Å². The van der Waals surface area contributed by atoms with E-state index in [1.165, 1.54) is 0 Å². The molecule has 5 nitrogen and oxygen atoms in total. The molecule has 0 aromatic rings. The Labute approximate surface area is 122 Å². The van der Waals surface area contributed by atoms with Crippen LogP contribution in [0.1, 0.15) is 48.0 Å². The molecule has 1 aliphatic carbocycles. The van der Waals surface area contributed by atoms with Crippen LogP contribution < -0.4 is 5.32 Å². The van der Waals surface area contributed by atoms with Crippen LogP contribution in [0.4, 0.5) is 4.79 Å². The molecule has 0 bridgehead atoms. The zero-order valence-corrected chi connectivity index (χ0v) is 13.9. The average Bonchev–Trinajstić information content (AvgIpc) is 2.34. The van der Waals surface area contributed by atoms with E-state index in [4.69, 9.17) is 4.74 Å². The van der Waals surface area contributed by atoms with Crippen molar-refractivity contribution in [2.45, 2.75) is 71.8 Å². The number of aliphatic hydroxyl groups is 1. The van der Waals surface area contributed by atoms with Gasteiger partial charge in [0.2, 0.25) is 0 Å². The van der Waals surface area contributed by atoms with Crippen LogP contribution in [0.25, 0.3) is 0 Å². The van der Waals surface area contributed by atoms with Crippen LogP contribution in [0.15, 0.2) is 0 Å². The SMILES string of the molecule is COC1(C)CC(NC(=O)N(CC(C)O)C(C)C)C1(C)C. The molecule has 1 aliphatic rings. The smallest absolute Gasteiger partial charge is 0.317 e. The summed E-state index contributed by atoms with van der Waals surface area (Å²) in [6.07, 6.45) is 0.282. The average molecular weight is 286 g/mol. The first kappa shape index (κ1) is 17.2. The van der Waals surface area contributed by atoms with Gasteiger partial charge in [-0.05, 0) is 34.1 Å². The van der Waals surface area contributed by atoms with Crippen molar-refractivity contribution < 1.29 is 14.6 Å². The van der Waals surface area contributed by atoms with E-state index < -0.39 is 6.10 Å². The highest BCUT2D eigenvalue weighted by atomic mass is 16.5. The first-order valence-corrected chi connectivity index (χ1v) is 7.35. The largest absolute Gasteiger partial charge is 0.392 e. The molecule has 0 aromatic carbocycles. The first-order chi connectivity index (χ1) is 9.05. The number of rotatable bonds is 5. The highest BCUT2D eigenvalue weighted by molar-refractivity contribution is 5.75. The van der Waals surface area contributed by atoms with Crippen molar-refractivity contribution in [1.82, 2.24) is 10.2 Å². The van der Waals surface area contributed by atoms with Gasteiger partial charge >= 0.3 is 6.03 Å². The van der Waals surface area contributed by atoms with E-state index in [2.05, 4.69) is 26.1 Å². The maximum absolute atomic E-state index is 12.4. The number of ether oxygens (including phenoxy) is 1. The zero-order valence-electron chi connectivity index (χ0n) is 13.9. The van der Waals surface area contributed by atoms with Crippen LogP contribution in [-0.4, -0.2) is 53.5 Å². The van der Waals surface area contributed by atoms with Gasteiger partial charge in [-0.3, -0.25) is 0 Å². The molecule has 0 heterocycles. The molecular formula is C15H30N2O3. The number of amides is 2. The number of methoxy groups -OCH3 is 1. The van der Waals surface area contributed by atoms with Crippen LogP contribution in [0.2, 0.25) is 0 Å². The lowest BCUT2D eigenvalue weighted by molar-refractivity contribution is -0.178. The van der Waals surface area contributed by atoms with Crippen molar-refractivity contribution in [1.29, 1.82) is 0 Å². The molecular weight excluding hydrogens is 256 g/mol.